The second kappa shape index (κ2) is 2.02. The number of hydrogen-bond donors (Lipinski definition) is 1. The van der Waals surface area contributed by atoms with Crippen molar-refractivity contribution in [3.05, 3.63) is 11.1 Å². The molecular formula is C5H9NO2S. The molecule has 1 N–H and O–H groups in total. The Morgan fingerprint density at radius 2 is 2.33 bits per heavy atom. The van der Waals surface area contributed by atoms with Crippen molar-refractivity contribution in [2.75, 3.05) is 12.3 Å². The van der Waals surface area contributed by atoms with Gasteiger partial charge < -0.3 is 5.32 Å². The van der Waals surface area contributed by atoms with Crippen LogP contribution in [0.5, 0.6) is 0 Å². The third-order valence-electron chi connectivity index (χ3n) is 1.31. The lowest BCUT2D eigenvalue weighted by molar-refractivity contribution is 0.597. The van der Waals surface area contributed by atoms with Crippen molar-refractivity contribution < 1.29 is 8.42 Å². The summed E-state index contributed by atoms with van der Waals surface area (Å²) in [5, 5.41) is 2.85. The smallest absolute Gasteiger partial charge is 0.177 e. The fourth-order valence-corrected chi connectivity index (χ4v) is 1.63. The Labute approximate surface area is 54.7 Å². The van der Waals surface area contributed by atoms with Crippen molar-refractivity contribution in [1.82, 2.24) is 5.32 Å². The van der Waals surface area contributed by atoms with E-state index in [4.69, 9.17) is 0 Å². The molecule has 0 saturated heterocycles. The van der Waals surface area contributed by atoms with E-state index < -0.39 is 9.84 Å². The minimum absolute atomic E-state index is 0.231. The Morgan fingerprint density at radius 1 is 1.67 bits per heavy atom. The average molecular weight is 147 g/mol. The van der Waals surface area contributed by atoms with Crippen molar-refractivity contribution in [3.8, 4) is 0 Å². The second-order valence-corrected chi connectivity index (χ2v) is 4.31. The van der Waals surface area contributed by atoms with Crippen molar-refractivity contribution in [2.24, 2.45) is 0 Å². The summed E-state index contributed by atoms with van der Waals surface area (Å²) >= 11 is 0. The number of hydrogen-bond acceptors (Lipinski definition) is 3. The number of rotatable bonds is 0. The first-order valence-corrected chi connectivity index (χ1v) is 4.41. The van der Waals surface area contributed by atoms with Gasteiger partial charge in [-0.1, -0.05) is 0 Å². The van der Waals surface area contributed by atoms with Gasteiger partial charge in [0, 0.05) is 12.7 Å². The van der Waals surface area contributed by atoms with E-state index in [9.17, 15) is 8.42 Å². The summed E-state index contributed by atoms with van der Waals surface area (Å²) in [6.07, 6.45) is 1.54. The molecule has 0 aromatic rings. The van der Waals surface area contributed by atoms with Crippen LogP contribution in [0.25, 0.3) is 0 Å². The summed E-state index contributed by atoms with van der Waals surface area (Å²) in [7, 11) is -2.86. The molecule has 1 aliphatic rings. The predicted molar refractivity (Wildman–Crippen MR) is 35.5 cm³/mol. The monoisotopic (exact) mass is 147 g/mol. The first-order chi connectivity index (χ1) is 4.13. The van der Waals surface area contributed by atoms with Crippen LogP contribution in [0.3, 0.4) is 0 Å². The van der Waals surface area contributed by atoms with Gasteiger partial charge in [0.2, 0.25) is 0 Å². The Hall–Kier alpha value is -0.510. The van der Waals surface area contributed by atoms with E-state index in [1.165, 1.54) is 0 Å². The summed E-state index contributed by atoms with van der Waals surface area (Å²) < 4.78 is 21.7. The lowest BCUT2D eigenvalue weighted by atomic mass is 10.6. The molecule has 0 fully saturated rings. The van der Waals surface area contributed by atoms with Gasteiger partial charge in [-0.25, -0.2) is 8.42 Å². The minimum atomic E-state index is -2.86. The summed E-state index contributed by atoms with van der Waals surface area (Å²) in [6.45, 7) is 2.14. The SMILES string of the molecule is CC1=CNCCS1(=O)=O. The maximum Gasteiger partial charge on any atom is 0.177 e. The van der Waals surface area contributed by atoms with Crippen LogP contribution in [0.1, 0.15) is 6.92 Å². The van der Waals surface area contributed by atoms with E-state index in [1.54, 1.807) is 13.1 Å². The lowest BCUT2D eigenvalue weighted by Gasteiger charge is -2.10. The summed E-state index contributed by atoms with van der Waals surface area (Å²) in [6, 6.07) is 0. The fraction of sp³-hybridized carbons (Fsp3) is 0.600. The Kier molecular flexibility index (Phi) is 1.48. The van der Waals surface area contributed by atoms with Crippen molar-refractivity contribution in [3.63, 3.8) is 0 Å². The van der Waals surface area contributed by atoms with Gasteiger partial charge in [0.25, 0.3) is 0 Å². The van der Waals surface area contributed by atoms with Crippen LogP contribution >= 0.6 is 0 Å². The average Bonchev–Trinajstić information content (AvgIpc) is 1.77. The molecule has 0 unspecified atom stereocenters. The molecule has 0 saturated carbocycles. The van der Waals surface area contributed by atoms with Crippen molar-refractivity contribution >= 4 is 9.84 Å². The van der Waals surface area contributed by atoms with Crippen molar-refractivity contribution in [1.29, 1.82) is 0 Å². The Bertz CT molecular complexity index is 227. The van der Waals surface area contributed by atoms with Gasteiger partial charge >= 0.3 is 0 Å². The molecule has 0 aliphatic carbocycles. The summed E-state index contributed by atoms with van der Waals surface area (Å²) in [5.74, 6) is 0.231. The van der Waals surface area contributed by atoms with Gasteiger partial charge in [-0.3, -0.25) is 0 Å². The summed E-state index contributed by atoms with van der Waals surface area (Å²) in [5.41, 5.74) is 0. The Balaban J connectivity index is 3.01. The van der Waals surface area contributed by atoms with Gasteiger partial charge in [-0.15, -0.1) is 0 Å². The molecule has 52 valence electrons. The molecular weight excluding hydrogens is 138 g/mol. The van der Waals surface area contributed by atoms with Crippen LogP contribution in [-0.4, -0.2) is 20.7 Å². The molecule has 0 atom stereocenters. The normalized spacial score (nSPS) is 24.3. The van der Waals surface area contributed by atoms with E-state index in [2.05, 4.69) is 5.32 Å². The minimum Gasteiger partial charge on any atom is -0.389 e. The van der Waals surface area contributed by atoms with Gasteiger partial charge in [0.05, 0.1) is 10.7 Å². The molecule has 0 aromatic carbocycles. The molecule has 0 amide bonds. The maximum atomic E-state index is 10.9. The quantitative estimate of drug-likeness (QED) is 0.519. The second-order valence-electron chi connectivity index (χ2n) is 2.03. The maximum absolute atomic E-state index is 10.9. The van der Waals surface area contributed by atoms with Crippen molar-refractivity contribution in [2.45, 2.75) is 6.92 Å². The van der Waals surface area contributed by atoms with E-state index >= 15 is 0 Å². The van der Waals surface area contributed by atoms with Gasteiger partial charge in [-0.05, 0) is 6.92 Å². The van der Waals surface area contributed by atoms with Crippen LogP contribution < -0.4 is 5.32 Å². The van der Waals surface area contributed by atoms with Crippen LogP contribution in [0.15, 0.2) is 11.1 Å². The molecule has 0 bridgehead atoms. The predicted octanol–water partition coefficient (Wildman–Crippen LogP) is -0.134. The standard InChI is InChI=1S/C5H9NO2S/c1-5-4-6-2-3-9(5,7)8/h4,6H,2-3H2,1H3. The molecule has 0 spiro atoms. The molecule has 0 radical (unpaired) electrons. The number of nitrogens with one attached hydrogen (secondary N) is 1. The molecule has 0 aromatic heterocycles. The zero-order chi connectivity index (χ0) is 6.91. The highest BCUT2D eigenvalue weighted by molar-refractivity contribution is 7.95. The van der Waals surface area contributed by atoms with E-state index in [-0.39, 0.29) is 5.75 Å². The molecule has 4 heteroatoms. The molecule has 1 heterocycles. The molecule has 1 rings (SSSR count). The molecule has 3 nitrogen and oxygen atoms in total. The van der Waals surface area contributed by atoms with Crippen LogP contribution in [-0.2, 0) is 9.84 Å². The van der Waals surface area contributed by atoms with Crippen LogP contribution in [0.4, 0.5) is 0 Å². The first-order valence-electron chi connectivity index (χ1n) is 2.76. The zero-order valence-corrected chi connectivity index (χ0v) is 6.03. The van der Waals surface area contributed by atoms with Crippen LogP contribution in [0, 0.1) is 0 Å². The number of allylic oxidation sites excluding steroid dienone is 1. The summed E-state index contributed by atoms with van der Waals surface area (Å²) in [4.78, 5) is 0.439. The molecule has 1 aliphatic heterocycles. The topological polar surface area (TPSA) is 46.2 Å². The van der Waals surface area contributed by atoms with E-state index in [1.807, 2.05) is 0 Å². The van der Waals surface area contributed by atoms with Gasteiger partial charge in [-0.2, -0.15) is 0 Å². The Morgan fingerprint density at radius 3 is 2.67 bits per heavy atom. The highest BCUT2D eigenvalue weighted by atomic mass is 32.2. The third-order valence-corrected chi connectivity index (χ3v) is 3.15. The van der Waals surface area contributed by atoms with Crippen LogP contribution in [0.2, 0.25) is 0 Å². The largest absolute Gasteiger partial charge is 0.389 e. The fourth-order valence-electron chi connectivity index (χ4n) is 0.660. The zero-order valence-electron chi connectivity index (χ0n) is 5.22. The van der Waals surface area contributed by atoms with Gasteiger partial charge in [0.15, 0.2) is 9.84 Å². The highest BCUT2D eigenvalue weighted by Gasteiger charge is 2.15. The number of sulfone groups is 1. The molecule has 9 heavy (non-hydrogen) atoms. The third kappa shape index (κ3) is 1.24. The van der Waals surface area contributed by atoms with Gasteiger partial charge in [0.1, 0.15) is 0 Å². The van der Waals surface area contributed by atoms with E-state index in [0.717, 1.165) is 0 Å². The first kappa shape index (κ1) is 6.61. The van der Waals surface area contributed by atoms with E-state index in [0.29, 0.717) is 11.4 Å². The highest BCUT2D eigenvalue weighted by Crippen LogP contribution is 2.07. The lowest BCUT2D eigenvalue weighted by Crippen LogP contribution is -2.25.